The number of imide groups is 1. The van der Waals surface area contributed by atoms with E-state index in [1.165, 1.54) is 20.8 Å². The van der Waals surface area contributed by atoms with Gasteiger partial charge < -0.3 is 9.47 Å². The van der Waals surface area contributed by atoms with E-state index in [9.17, 15) is 32.3 Å². The van der Waals surface area contributed by atoms with Crippen molar-refractivity contribution in [1.29, 1.82) is 0 Å². The number of hydrogen-bond acceptors (Lipinski definition) is 6. The van der Waals surface area contributed by atoms with E-state index in [0.717, 1.165) is 13.8 Å². The molecule has 1 heterocycles. The van der Waals surface area contributed by atoms with Gasteiger partial charge in [-0.05, 0) is 24.2 Å². The molecule has 0 saturated carbocycles. The minimum Gasteiger partial charge on any atom is -0.452 e. The van der Waals surface area contributed by atoms with Gasteiger partial charge in [-0.15, -0.1) is 0 Å². The Balaban J connectivity index is 3.21. The molecule has 0 radical (unpaired) electrons. The van der Waals surface area contributed by atoms with Crippen LogP contribution < -0.4 is 0 Å². The summed E-state index contributed by atoms with van der Waals surface area (Å²) in [5.41, 5.74) is -5.35. The average Bonchev–Trinajstić information content (AvgIpc) is 2.47. The minimum absolute atomic E-state index is 0.232. The molecule has 7 nitrogen and oxygen atoms in total. The average molecular weight is 437 g/mol. The van der Waals surface area contributed by atoms with E-state index in [2.05, 4.69) is 0 Å². The number of alkyl halides is 3. The van der Waals surface area contributed by atoms with Gasteiger partial charge in [-0.25, -0.2) is 4.90 Å². The Bertz CT molecular complexity index is 704. The number of nitrogens with zero attached hydrogens (tertiary/aromatic N) is 1. The number of rotatable bonds is 5. The second kappa shape index (κ2) is 8.19. The van der Waals surface area contributed by atoms with E-state index >= 15 is 0 Å². The van der Waals surface area contributed by atoms with E-state index in [0.29, 0.717) is 4.90 Å². The van der Waals surface area contributed by atoms with Crippen LogP contribution in [0.4, 0.5) is 13.2 Å². The molecule has 0 N–H and O–H groups in total. The molecule has 3 unspecified atom stereocenters. The second-order valence-electron chi connectivity index (χ2n) is 9.81. The van der Waals surface area contributed by atoms with E-state index in [1.54, 1.807) is 20.8 Å². The Labute approximate surface area is 174 Å². The van der Waals surface area contributed by atoms with Gasteiger partial charge in [0.15, 0.2) is 17.7 Å². The molecule has 0 aliphatic carbocycles. The molecule has 0 aromatic heterocycles. The zero-order valence-corrected chi connectivity index (χ0v) is 18.6. The Morgan fingerprint density at radius 3 is 1.93 bits per heavy atom. The third kappa shape index (κ3) is 5.13. The van der Waals surface area contributed by atoms with Crippen LogP contribution in [0.2, 0.25) is 0 Å². The second-order valence-corrected chi connectivity index (χ2v) is 9.81. The Morgan fingerprint density at radius 1 is 1.10 bits per heavy atom. The van der Waals surface area contributed by atoms with Crippen LogP contribution in [0, 0.1) is 16.2 Å². The summed E-state index contributed by atoms with van der Waals surface area (Å²) in [7, 11) is 0. The van der Waals surface area contributed by atoms with Crippen LogP contribution in [0.1, 0.15) is 68.2 Å². The SMILES string of the molecule is CC(=O)OC1CC(=O)N1C(=O)C(C)OC(=O)C(CC(C)(C)C)(C(C)(C)C)C(F)(F)F. The number of amides is 2. The highest BCUT2D eigenvalue weighted by molar-refractivity contribution is 6.02. The molecule has 1 aliphatic rings. The molecule has 3 atom stereocenters. The summed E-state index contributed by atoms with van der Waals surface area (Å²) in [4.78, 5) is 48.9. The summed E-state index contributed by atoms with van der Waals surface area (Å²) in [5, 5.41) is 0. The maximum Gasteiger partial charge on any atom is 0.405 e. The zero-order valence-electron chi connectivity index (χ0n) is 18.6. The lowest BCUT2D eigenvalue weighted by atomic mass is 9.59. The van der Waals surface area contributed by atoms with Gasteiger partial charge in [-0.3, -0.25) is 19.2 Å². The molecular formula is C20H30F3NO6. The lowest BCUT2D eigenvalue weighted by Gasteiger charge is -2.47. The predicted octanol–water partition coefficient (Wildman–Crippen LogP) is 3.60. The smallest absolute Gasteiger partial charge is 0.405 e. The highest BCUT2D eigenvalue weighted by Gasteiger charge is 2.68. The van der Waals surface area contributed by atoms with E-state index in [-0.39, 0.29) is 6.42 Å². The van der Waals surface area contributed by atoms with Crippen molar-refractivity contribution in [3.8, 4) is 0 Å². The van der Waals surface area contributed by atoms with Gasteiger partial charge >= 0.3 is 18.1 Å². The van der Waals surface area contributed by atoms with E-state index in [1.807, 2.05) is 0 Å². The highest BCUT2D eigenvalue weighted by atomic mass is 19.4. The monoisotopic (exact) mass is 437 g/mol. The molecule has 172 valence electrons. The number of halogens is 3. The van der Waals surface area contributed by atoms with Gasteiger partial charge in [0.25, 0.3) is 5.91 Å². The van der Waals surface area contributed by atoms with Crippen molar-refractivity contribution < 1.29 is 41.8 Å². The highest BCUT2D eigenvalue weighted by Crippen LogP contribution is 2.57. The van der Waals surface area contributed by atoms with Gasteiger partial charge in [0, 0.05) is 6.92 Å². The normalized spacial score (nSPS) is 20.7. The molecule has 0 aromatic rings. The number of likely N-dealkylation sites (tertiary alicyclic amines) is 1. The number of ether oxygens (including phenoxy) is 2. The van der Waals surface area contributed by atoms with Crippen molar-refractivity contribution in [3.05, 3.63) is 0 Å². The van der Waals surface area contributed by atoms with Crippen LogP contribution >= 0.6 is 0 Å². The molecule has 0 bridgehead atoms. The van der Waals surface area contributed by atoms with Gasteiger partial charge in [0.1, 0.15) is 0 Å². The fourth-order valence-electron chi connectivity index (χ4n) is 3.53. The quantitative estimate of drug-likeness (QED) is 0.482. The molecule has 10 heteroatoms. The molecule has 30 heavy (non-hydrogen) atoms. The Hall–Kier alpha value is -2.13. The minimum atomic E-state index is -4.95. The summed E-state index contributed by atoms with van der Waals surface area (Å²) < 4.78 is 52.7. The van der Waals surface area contributed by atoms with Gasteiger partial charge in [0.2, 0.25) is 5.91 Å². The predicted molar refractivity (Wildman–Crippen MR) is 99.6 cm³/mol. The first-order valence-corrected chi connectivity index (χ1v) is 9.55. The third-order valence-corrected chi connectivity index (χ3v) is 4.99. The van der Waals surface area contributed by atoms with Crippen molar-refractivity contribution in [2.45, 2.75) is 86.7 Å². The number of esters is 2. The van der Waals surface area contributed by atoms with Crippen LogP contribution in [0.25, 0.3) is 0 Å². The first-order chi connectivity index (χ1) is 13.2. The largest absolute Gasteiger partial charge is 0.452 e. The molecule has 1 rings (SSSR count). The fourth-order valence-corrected chi connectivity index (χ4v) is 3.53. The van der Waals surface area contributed by atoms with Crippen molar-refractivity contribution in [1.82, 2.24) is 4.90 Å². The molecule has 0 spiro atoms. The topological polar surface area (TPSA) is 90.0 Å². The third-order valence-electron chi connectivity index (χ3n) is 4.99. The van der Waals surface area contributed by atoms with Crippen molar-refractivity contribution in [3.63, 3.8) is 0 Å². The summed E-state index contributed by atoms with van der Waals surface area (Å²) in [6, 6.07) is 0. The molecule has 0 aromatic carbocycles. The summed E-state index contributed by atoms with van der Waals surface area (Å²) in [6.45, 7) is 10.7. The lowest BCUT2D eigenvalue weighted by Crippen LogP contribution is -2.61. The molecule has 1 fully saturated rings. The van der Waals surface area contributed by atoms with Crippen LogP contribution in [0.3, 0.4) is 0 Å². The first kappa shape index (κ1) is 25.9. The van der Waals surface area contributed by atoms with Crippen LogP contribution in [0.15, 0.2) is 0 Å². The zero-order chi connectivity index (χ0) is 23.9. The number of carbonyl (C=O) groups excluding carboxylic acids is 4. The number of carbonyl (C=O) groups is 4. The molecular weight excluding hydrogens is 407 g/mol. The molecule has 2 amide bonds. The summed E-state index contributed by atoms with van der Waals surface area (Å²) >= 11 is 0. The lowest BCUT2D eigenvalue weighted by molar-refractivity contribution is -0.271. The van der Waals surface area contributed by atoms with Crippen LogP contribution in [-0.4, -0.2) is 47.2 Å². The van der Waals surface area contributed by atoms with Crippen LogP contribution in [-0.2, 0) is 28.7 Å². The first-order valence-electron chi connectivity index (χ1n) is 9.55. The van der Waals surface area contributed by atoms with Crippen LogP contribution in [0.5, 0.6) is 0 Å². The maximum atomic E-state index is 14.3. The summed E-state index contributed by atoms with van der Waals surface area (Å²) in [6.07, 6.45) is -8.58. The maximum absolute atomic E-state index is 14.3. The van der Waals surface area contributed by atoms with Crippen molar-refractivity contribution >= 4 is 23.8 Å². The molecule has 1 aliphatic heterocycles. The number of β-lactam (4-membered cyclic amide) rings is 1. The van der Waals surface area contributed by atoms with E-state index < -0.39 is 64.9 Å². The van der Waals surface area contributed by atoms with Gasteiger partial charge in [0.05, 0.1) is 6.42 Å². The fraction of sp³-hybridized carbons (Fsp3) is 0.800. The van der Waals surface area contributed by atoms with Crippen molar-refractivity contribution in [2.24, 2.45) is 16.2 Å². The van der Waals surface area contributed by atoms with Gasteiger partial charge in [-0.2, -0.15) is 13.2 Å². The van der Waals surface area contributed by atoms with Crippen molar-refractivity contribution in [2.75, 3.05) is 0 Å². The van der Waals surface area contributed by atoms with E-state index in [4.69, 9.17) is 9.47 Å². The Morgan fingerprint density at radius 2 is 1.60 bits per heavy atom. The summed E-state index contributed by atoms with van der Waals surface area (Å²) in [5.74, 6) is -4.05. The standard InChI is InChI=1S/C20H30F3NO6/c1-11(15(27)24-13(26)9-14(24)30-12(2)25)29-16(28)19(18(6,7)8,20(21,22)23)10-17(3,4)5/h11,14H,9-10H2,1-8H3. The Kier molecular flexibility index (Phi) is 7.07. The van der Waals surface area contributed by atoms with Gasteiger partial charge in [-0.1, -0.05) is 41.5 Å². The molecule has 1 saturated heterocycles. The number of hydrogen-bond donors (Lipinski definition) is 0.